The van der Waals surface area contributed by atoms with E-state index in [4.69, 9.17) is 9.47 Å². The van der Waals surface area contributed by atoms with Gasteiger partial charge in [-0.3, -0.25) is 15.5 Å². The zero-order chi connectivity index (χ0) is 18.0. The van der Waals surface area contributed by atoms with Gasteiger partial charge in [0.05, 0.1) is 34.0 Å². The number of rotatable bonds is 4. The van der Waals surface area contributed by atoms with Gasteiger partial charge >= 0.3 is 6.18 Å². The first-order valence-electron chi connectivity index (χ1n) is 6.89. The van der Waals surface area contributed by atoms with E-state index in [-0.39, 0.29) is 29.5 Å². The topological polar surface area (TPSA) is 86.0 Å². The molecule has 0 radical (unpaired) electrons. The number of alkyl halides is 3. The summed E-state index contributed by atoms with van der Waals surface area (Å²) in [5, 5.41) is 14.8. The summed E-state index contributed by atoms with van der Waals surface area (Å²) >= 11 is 0. The molecule has 0 bridgehead atoms. The molecule has 0 fully saturated rings. The summed E-state index contributed by atoms with van der Waals surface area (Å²) in [6, 6.07) is 7.28. The second-order valence-electron chi connectivity index (χ2n) is 4.93. The molecule has 1 heterocycles. The molecule has 25 heavy (non-hydrogen) atoms. The number of nitrogens with zero attached hydrogens (tertiary/aromatic N) is 2. The number of halogens is 3. The van der Waals surface area contributed by atoms with Gasteiger partial charge in [-0.15, -0.1) is 0 Å². The maximum atomic E-state index is 12.9. The summed E-state index contributed by atoms with van der Waals surface area (Å²) in [7, 11) is 0. The largest absolute Gasteiger partial charge is 0.454 e. The highest BCUT2D eigenvalue weighted by Gasteiger charge is 2.33. The first-order chi connectivity index (χ1) is 11.9. The monoisotopic (exact) mass is 353 g/mol. The Labute approximate surface area is 138 Å². The number of hydrogen-bond acceptors (Lipinski definition) is 6. The number of anilines is 1. The van der Waals surface area contributed by atoms with Crippen molar-refractivity contribution in [2.75, 3.05) is 12.2 Å². The number of hydrazone groups is 1. The van der Waals surface area contributed by atoms with Gasteiger partial charge in [-0.2, -0.15) is 18.3 Å². The van der Waals surface area contributed by atoms with Crippen LogP contribution < -0.4 is 14.9 Å². The minimum Gasteiger partial charge on any atom is -0.454 e. The van der Waals surface area contributed by atoms with E-state index in [1.54, 1.807) is 0 Å². The van der Waals surface area contributed by atoms with Crippen LogP contribution in [-0.4, -0.2) is 17.9 Å². The molecule has 1 N–H and O–H groups in total. The van der Waals surface area contributed by atoms with Crippen molar-refractivity contribution in [3.05, 3.63) is 57.6 Å². The highest BCUT2D eigenvalue weighted by Crippen LogP contribution is 2.37. The molecule has 7 nitrogen and oxygen atoms in total. The van der Waals surface area contributed by atoms with Crippen molar-refractivity contribution in [3.63, 3.8) is 0 Å². The van der Waals surface area contributed by atoms with Crippen LogP contribution in [-0.2, 0) is 6.18 Å². The van der Waals surface area contributed by atoms with Crippen LogP contribution in [0.25, 0.3) is 0 Å². The van der Waals surface area contributed by atoms with Crippen molar-refractivity contribution in [2.45, 2.75) is 6.18 Å². The molecule has 0 amide bonds. The maximum Gasteiger partial charge on any atom is 0.418 e. The predicted octanol–water partition coefficient (Wildman–Crippen LogP) is 3.79. The number of nitro benzene ring substituents is 1. The lowest BCUT2D eigenvalue weighted by atomic mass is 10.1. The minimum absolute atomic E-state index is 0.0613. The Morgan fingerprint density at radius 2 is 1.88 bits per heavy atom. The lowest BCUT2D eigenvalue weighted by molar-refractivity contribution is -0.385. The molecular weight excluding hydrogens is 343 g/mol. The Morgan fingerprint density at radius 1 is 1.20 bits per heavy atom. The zero-order valence-electron chi connectivity index (χ0n) is 12.4. The van der Waals surface area contributed by atoms with E-state index >= 15 is 0 Å². The number of para-hydroxylation sites is 1. The van der Waals surface area contributed by atoms with Crippen molar-refractivity contribution >= 4 is 17.6 Å². The molecule has 0 aromatic heterocycles. The highest BCUT2D eigenvalue weighted by molar-refractivity contribution is 5.87. The molecule has 0 unspecified atom stereocenters. The Balaban J connectivity index is 1.88. The summed E-state index contributed by atoms with van der Waals surface area (Å²) in [5.41, 5.74) is 0.847. The molecule has 130 valence electrons. The molecule has 1 aliphatic heterocycles. The van der Waals surface area contributed by atoms with E-state index < -0.39 is 16.7 Å². The maximum absolute atomic E-state index is 12.9. The molecule has 3 rings (SSSR count). The number of benzene rings is 2. The molecule has 2 aromatic carbocycles. The van der Waals surface area contributed by atoms with E-state index in [9.17, 15) is 23.3 Å². The van der Waals surface area contributed by atoms with Gasteiger partial charge in [0.2, 0.25) is 6.79 Å². The van der Waals surface area contributed by atoms with Gasteiger partial charge in [-0.05, 0) is 18.2 Å². The lowest BCUT2D eigenvalue weighted by Crippen LogP contribution is -2.08. The fourth-order valence-electron chi connectivity index (χ4n) is 2.21. The summed E-state index contributed by atoms with van der Waals surface area (Å²) in [4.78, 5) is 10.5. The number of nitro groups is 1. The quantitative estimate of drug-likeness (QED) is 0.513. The Hall–Kier alpha value is -3.30. The first kappa shape index (κ1) is 16.6. The van der Waals surface area contributed by atoms with Crippen LogP contribution >= 0.6 is 0 Å². The smallest absolute Gasteiger partial charge is 0.418 e. The van der Waals surface area contributed by atoms with E-state index in [0.717, 1.165) is 12.3 Å². The van der Waals surface area contributed by atoms with Crippen molar-refractivity contribution in [3.8, 4) is 11.5 Å². The molecule has 0 aliphatic carbocycles. The Morgan fingerprint density at radius 3 is 2.56 bits per heavy atom. The van der Waals surface area contributed by atoms with Gasteiger partial charge in [-0.1, -0.05) is 12.1 Å². The van der Waals surface area contributed by atoms with Gasteiger partial charge < -0.3 is 9.47 Å². The van der Waals surface area contributed by atoms with Gasteiger partial charge in [0.25, 0.3) is 5.69 Å². The van der Waals surface area contributed by atoms with Gasteiger partial charge in [0.1, 0.15) is 0 Å². The first-order valence-corrected chi connectivity index (χ1v) is 6.89. The third-order valence-electron chi connectivity index (χ3n) is 3.34. The second-order valence-corrected chi connectivity index (χ2v) is 4.93. The summed E-state index contributed by atoms with van der Waals surface area (Å²) in [6.45, 7) is -0.0652. The van der Waals surface area contributed by atoms with Crippen LogP contribution in [0.2, 0.25) is 0 Å². The normalized spacial score (nSPS) is 13.2. The fourth-order valence-corrected chi connectivity index (χ4v) is 2.21. The van der Waals surface area contributed by atoms with Crippen LogP contribution in [0.5, 0.6) is 11.5 Å². The van der Waals surface area contributed by atoms with Crippen molar-refractivity contribution < 1.29 is 27.6 Å². The number of hydrogen-bond donors (Lipinski definition) is 1. The van der Waals surface area contributed by atoms with E-state index in [0.29, 0.717) is 5.75 Å². The van der Waals surface area contributed by atoms with E-state index in [1.165, 1.54) is 30.3 Å². The van der Waals surface area contributed by atoms with Crippen LogP contribution in [0.1, 0.15) is 11.1 Å². The average Bonchev–Trinajstić information content (AvgIpc) is 3.01. The number of nitrogens with one attached hydrogen (secondary N) is 1. The zero-order valence-corrected chi connectivity index (χ0v) is 12.4. The van der Waals surface area contributed by atoms with Crippen LogP contribution in [0.15, 0.2) is 41.5 Å². The number of fused-ring (bicyclic) bond motifs is 1. The van der Waals surface area contributed by atoms with E-state index in [2.05, 4.69) is 10.5 Å². The summed E-state index contributed by atoms with van der Waals surface area (Å²) in [5.74, 6) is 0.516. The molecule has 0 saturated heterocycles. The van der Waals surface area contributed by atoms with Crippen LogP contribution in [0, 0.1) is 10.1 Å². The predicted molar refractivity (Wildman–Crippen MR) is 81.9 cm³/mol. The third kappa shape index (κ3) is 3.47. The highest BCUT2D eigenvalue weighted by atomic mass is 19.4. The van der Waals surface area contributed by atoms with Crippen molar-refractivity contribution in [1.29, 1.82) is 0 Å². The minimum atomic E-state index is -4.55. The molecule has 0 saturated carbocycles. The standard InChI is InChI=1S/C15H10F3N3O4/c16-15(17,18)10-3-1-2-4-11(10)20-19-7-9-5-13-14(25-8-24-13)6-12(9)21(22)23/h1-7,20H,8H2/b19-7-. The average molecular weight is 353 g/mol. The number of ether oxygens (including phenoxy) is 2. The lowest BCUT2D eigenvalue weighted by Gasteiger charge is -2.11. The van der Waals surface area contributed by atoms with E-state index in [1.807, 2.05) is 0 Å². The SMILES string of the molecule is O=[N+]([O-])c1cc2c(cc1/C=N\Nc1ccccc1C(F)(F)F)OCO2. The van der Waals surface area contributed by atoms with Gasteiger partial charge in [-0.25, -0.2) is 0 Å². The second kappa shape index (κ2) is 6.30. The molecule has 2 aromatic rings. The summed E-state index contributed by atoms with van der Waals surface area (Å²) < 4.78 is 48.9. The van der Waals surface area contributed by atoms with Crippen molar-refractivity contribution in [1.82, 2.24) is 0 Å². The molecule has 0 atom stereocenters. The fraction of sp³-hybridized carbons (Fsp3) is 0.133. The van der Waals surface area contributed by atoms with Crippen LogP contribution in [0.3, 0.4) is 0 Å². The van der Waals surface area contributed by atoms with Crippen molar-refractivity contribution in [2.24, 2.45) is 5.10 Å². The summed E-state index contributed by atoms with van der Waals surface area (Å²) in [6.07, 6.45) is -3.50. The van der Waals surface area contributed by atoms with Gasteiger partial charge in [0.15, 0.2) is 11.5 Å². The third-order valence-corrected chi connectivity index (χ3v) is 3.34. The van der Waals surface area contributed by atoms with Gasteiger partial charge in [0, 0.05) is 0 Å². The molecule has 1 aliphatic rings. The van der Waals surface area contributed by atoms with Crippen LogP contribution in [0.4, 0.5) is 24.5 Å². The molecule has 10 heteroatoms. The Kier molecular flexibility index (Phi) is 4.17. The Bertz CT molecular complexity index is 852. The molecular formula is C15H10F3N3O4. The molecule has 0 spiro atoms.